The average Bonchev–Trinajstić information content (AvgIpc) is 3.41. The van der Waals surface area contributed by atoms with Crippen molar-refractivity contribution in [2.45, 2.75) is 38.6 Å². The highest BCUT2D eigenvalue weighted by Crippen LogP contribution is 2.50. The van der Waals surface area contributed by atoms with Crippen LogP contribution in [0.5, 0.6) is 23.0 Å². The number of rotatable bonds is 12. The van der Waals surface area contributed by atoms with E-state index in [2.05, 4.69) is 31.1 Å². The number of amides is 2. The van der Waals surface area contributed by atoms with Crippen LogP contribution in [-0.2, 0) is 16.0 Å². The number of nitrogens with zero attached hydrogens (tertiary/aromatic N) is 2. The van der Waals surface area contributed by atoms with E-state index in [9.17, 15) is 14.4 Å². The van der Waals surface area contributed by atoms with Crippen LogP contribution in [0.1, 0.15) is 43.4 Å². The molecule has 47 heavy (non-hydrogen) atoms. The van der Waals surface area contributed by atoms with Gasteiger partial charge in [0.25, 0.3) is 0 Å². The van der Waals surface area contributed by atoms with Gasteiger partial charge in [0, 0.05) is 25.5 Å². The molecule has 0 radical (unpaired) electrons. The van der Waals surface area contributed by atoms with Gasteiger partial charge >= 0.3 is 0 Å². The largest absolute Gasteiger partial charge is 0.496 e. The van der Waals surface area contributed by atoms with Crippen LogP contribution in [0.3, 0.4) is 0 Å². The van der Waals surface area contributed by atoms with Gasteiger partial charge in [-0.25, -0.2) is 0 Å². The maximum absolute atomic E-state index is 13.5. The summed E-state index contributed by atoms with van der Waals surface area (Å²) < 4.78 is 22.4. The minimum absolute atomic E-state index is 0.154. The minimum atomic E-state index is -0.410. The predicted octanol–water partition coefficient (Wildman–Crippen LogP) is 4.49. The number of para-hydroxylation sites is 1. The molecule has 1 aromatic heterocycles. The topological polar surface area (TPSA) is 166 Å². The van der Waals surface area contributed by atoms with Crippen LogP contribution in [0.15, 0.2) is 53.3 Å². The van der Waals surface area contributed by atoms with E-state index in [1.54, 1.807) is 33.5 Å². The van der Waals surface area contributed by atoms with Crippen molar-refractivity contribution >= 4 is 23.5 Å². The van der Waals surface area contributed by atoms with Gasteiger partial charge in [0.1, 0.15) is 5.75 Å². The third-order valence-electron chi connectivity index (χ3n) is 7.91. The van der Waals surface area contributed by atoms with Gasteiger partial charge in [-0.3, -0.25) is 24.8 Å². The summed E-state index contributed by atoms with van der Waals surface area (Å²) in [6, 6.07) is 14.0. The highest BCUT2D eigenvalue weighted by Gasteiger charge is 2.29. The molecule has 1 aliphatic rings. The summed E-state index contributed by atoms with van der Waals surface area (Å²) in [5.74, 6) is 2.22. The summed E-state index contributed by atoms with van der Waals surface area (Å²) in [6.45, 7) is 1.81. The second-order valence-corrected chi connectivity index (χ2v) is 10.9. The fourth-order valence-corrected chi connectivity index (χ4v) is 5.79. The molecule has 0 saturated heterocycles. The van der Waals surface area contributed by atoms with Crippen molar-refractivity contribution in [1.29, 1.82) is 0 Å². The van der Waals surface area contributed by atoms with Crippen molar-refractivity contribution in [2.75, 3.05) is 45.6 Å². The SMILES string of the molecule is COc1ccccc1-c1nc(NC(=O)CCCNc2ccc3c(cc2=O)[C@H](NC(C)=O)CCc2cc(OC)c(OC)c(OC)c2-3)n[nH]1. The Morgan fingerprint density at radius 1 is 0.936 bits per heavy atom. The van der Waals surface area contributed by atoms with Crippen LogP contribution in [0.25, 0.3) is 22.5 Å². The number of carbonyl (C=O) groups excluding carboxylic acids is 2. The molecule has 13 heteroatoms. The molecule has 1 atom stereocenters. The van der Waals surface area contributed by atoms with Gasteiger partial charge < -0.3 is 29.6 Å². The number of anilines is 2. The number of methoxy groups -OCH3 is 4. The molecule has 0 spiro atoms. The van der Waals surface area contributed by atoms with Gasteiger partial charge in [0.05, 0.1) is 45.7 Å². The molecule has 1 heterocycles. The maximum Gasteiger partial charge on any atom is 0.249 e. The summed E-state index contributed by atoms with van der Waals surface area (Å²) >= 11 is 0. The smallest absolute Gasteiger partial charge is 0.249 e. The molecule has 0 fully saturated rings. The van der Waals surface area contributed by atoms with Crippen LogP contribution in [0.4, 0.5) is 11.6 Å². The Balaban J connectivity index is 1.33. The Hall–Kier alpha value is -5.59. The number of nitrogens with one attached hydrogen (secondary N) is 4. The van der Waals surface area contributed by atoms with Gasteiger partial charge in [-0.05, 0) is 66.3 Å². The Morgan fingerprint density at radius 2 is 1.70 bits per heavy atom. The lowest BCUT2D eigenvalue weighted by Crippen LogP contribution is -2.26. The number of aromatic nitrogens is 3. The van der Waals surface area contributed by atoms with Crippen molar-refractivity contribution in [3.05, 3.63) is 69.9 Å². The van der Waals surface area contributed by atoms with Crippen molar-refractivity contribution in [2.24, 2.45) is 0 Å². The first kappa shape index (κ1) is 32.8. The van der Waals surface area contributed by atoms with E-state index in [-0.39, 0.29) is 29.6 Å². The molecule has 0 aliphatic heterocycles. The van der Waals surface area contributed by atoms with Crippen LogP contribution in [0.2, 0.25) is 0 Å². The third-order valence-corrected chi connectivity index (χ3v) is 7.91. The number of H-pyrrole nitrogens is 1. The first-order valence-electron chi connectivity index (χ1n) is 15.1. The molecule has 2 amide bonds. The lowest BCUT2D eigenvalue weighted by molar-refractivity contribution is -0.119. The van der Waals surface area contributed by atoms with E-state index in [0.29, 0.717) is 65.9 Å². The Labute approximate surface area is 272 Å². The van der Waals surface area contributed by atoms with Crippen molar-refractivity contribution in [1.82, 2.24) is 20.5 Å². The summed E-state index contributed by atoms with van der Waals surface area (Å²) in [5.41, 5.74) is 3.94. The third kappa shape index (κ3) is 7.13. The number of fused-ring (bicyclic) bond motifs is 3. The maximum atomic E-state index is 13.5. The van der Waals surface area contributed by atoms with Gasteiger partial charge in [-0.2, -0.15) is 4.98 Å². The van der Waals surface area contributed by atoms with Crippen LogP contribution in [0, 0.1) is 0 Å². The van der Waals surface area contributed by atoms with E-state index in [1.807, 2.05) is 36.4 Å². The minimum Gasteiger partial charge on any atom is -0.496 e. The van der Waals surface area contributed by atoms with E-state index in [1.165, 1.54) is 14.0 Å². The molecule has 0 unspecified atom stereocenters. The monoisotopic (exact) mass is 642 g/mol. The van der Waals surface area contributed by atoms with E-state index in [4.69, 9.17) is 18.9 Å². The predicted molar refractivity (Wildman–Crippen MR) is 177 cm³/mol. The standard InChI is InChI=1S/C34H38N6O7/c1-19(41)36-24-14-12-20-17-28(45-3)31(46-4)32(47-5)30(20)21-13-15-25(26(42)18-23(21)24)35-16-8-11-29(43)37-34-38-33(39-40-34)22-9-6-7-10-27(22)44-2/h6-7,9-10,13,15,17-18,24H,8,11-12,14,16H2,1-5H3,(H,35,42)(H,36,41)(H2,37,38,39,40,43)/t24-/m1/s1. The zero-order valence-electron chi connectivity index (χ0n) is 27.0. The second kappa shape index (κ2) is 14.7. The molecule has 3 aromatic carbocycles. The summed E-state index contributed by atoms with van der Waals surface area (Å²) in [5, 5.41) is 15.8. The first-order chi connectivity index (χ1) is 22.8. The van der Waals surface area contributed by atoms with Gasteiger partial charge in [-0.1, -0.05) is 18.2 Å². The lowest BCUT2D eigenvalue weighted by Gasteiger charge is -2.19. The molecular weight excluding hydrogens is 604 g/mol. The van der Waals surface area contributed by atoms with E-state index in [0.717, 1.165) is 22.3 Å². The zero-order valence-corrected chi connectivity index (χ0v) is 27.0. The van der Waals surface area contributed by atoms with Crippen LogP contribution >= 0.6 is 0 Å². The number of hydrogen-bond acceptors (Lipinski definition) is 10. The Kier molecular flexibility index (Phi) is 10.2. The molecule has 0 bridgehead atoms. The highest BCUT2D eigenvalue weighted by molar-refractivity contribution is 5.89. The molecule has 4 N–H and O–H groups in total. The Bertz CT molecular complexity index is 1840. The molecule has 5 rings (SSSR count). The molecular formula is C34H38N6O7. The fourth-order valence-electron chi connectivity index (χ4n) is 5.79. The van der Waals surface area contributed by atoms with Crippen LogP contribution < -0.4 is 40.3 Å². The van der Waals surface area contributed by atoms with Gasteiger partial charge in [0.2, 0.25) is 28.9 Å². The van der Waals surface area contributed by atoms with Gasteiger partial charge in [0.15, 0.2) is 17.3 Å². The summed E-state index contributed by atoms with van der Waals surface area (Å²) in [6.07, 6.45) is 1.78. The first-order valence-corrected chi connectivity index (χ1v) is 15.1. The number of carbonyl (C=O) groups is 2. The quantitative estimate of drug-likeness (QED) is 0.162. The zero-order chi connectivity index (χ0) is 33.5. The summed E-state index contributed by atoms with van der Waals surface area (Å²) in [4.78, 5) is 42.7. The number of hydrogen-bond donors (Lipinski definition) is 4. The number of benzene rings is 2. The van der Waals surface area contributed by atoms with E-state index < -0.39 is 6.04 Å². The normalized spacial score (nSPS) is 13.3. The van der Waals surface area contributed by atoms with E-state index >= 15 is 0 Å². The number of aromatic amines is 1. The Morgan fingerprint density at radius 3 is 2.43 bits per heavy atom. The number of aryl methyl sites for hydroxylation is 1. The summed E-state index contributed by atoms with van der Waals surface area (Å²) in [7, 11) is 6.23. The molecule has 1 aliphatic carbocycles. The highest BCUT2D eigenvalue weighted by atomic mass is 16.5. The second-order valence-electron chi connectivity index (χ2n) is 10.9. The van der Waals surface area contributed by atoms with Gasteiger partial charge in [-0.15, -0.1) is 5.10 Å². The van der Waals surface area contributed by atoms with Crippen molar-refractivity contribution < 1.29 is 28.5 Å². The molecule has 4 aromatic rings. The average molecular weight is 643 g/mol. The fraction of sp³-hybridized carbons (Fsp3) is 0.324. The van der Waals surface area contributed by atoms with Crippen molar-refractivity contribution in [3.63, 3.8) is 0 Å². The lowest BCUT2D eigenvalue weighted by atomic mass is 9.95. The van der Waals surface area contributed by atoms with Crippen molar-refractivity contribution in [3.8, 4) is 45.5 Å². The molecule has 0 saturated carbocycles. The molecule has 246 valence electrons. The van der Waals surface area contributed by atoms with Crippen LogP contribution in [-0.4, -0.2) is 62.0 Å². The number of ether oxygens (including phenoxy) is 4. The molecule has 13 nitrogen and oxygen atoms in total.